The zero-order valence-electron chi connectivity index (χ0n) is 36.0. The second kappa shape index (κ2) is 21.9. The molecule has 0 saturated heterocycles. The Morgan fingerprint density at radius 2 is 1.76 bits per heavy atom. The predicted molar refractivity (Wildman–Crippen MR) is 238 cm³/mol. The molecule has 1 saturated carbocycles. The van der Waals surface area contributed by atoms with Crippen LogP contribution in [0, 0.1) is 41.7 Å². The third-order valence-corrected chi connectivity index (χ3v) is 12.4. The first kappa shape index (κ1) is 46.6. The first-order chi connectivity index (χ1) is 30.1. The molecule has 3 aromatic rings. The summed E-state index contributed by atoms with van der Waals surface area (Å²) in [6.45, 7) is 10.7. The standard InChI is InChI=1S/C48H60ClN3O10/c1-5-22-51(47(55)58-26-21-49)44-30-42(50-60-31-34-14-16-36(17-15-34)52(56)57)40-28-35(11-7-9-23-53)39(12-8-10-24-54)45-41-29-38(61-37-18-13-32(3)33(4)27-37)19-20-43(41)62-48(44,46(40)45)59-25-6-2/h6,13-20,27-29,35,39,44-46,53-54H,2,5,7-12,21-26,30-31H2,1,3-4H3/t35-,39+,44-,45+,46+,48+/m0/s1. The van der Waals surface area contributed by atoms with E-state index >= 15 is 0 Å². The number of ether oxygens (including phenoxy) is 4. The molecule has 2 aliphatic carbocycles. The lowest BCUT2D eigenvalue weighted by atomic mass is 9.55. The van der Waals surface area contributed by atoms with Crippen LogP contribution in [-0.2, 0) is 20.9 Å². The summed E-state index contributed by atoms with van der Waals surface area (Å²) in [6, 6.07) is 17.3. The molecular weight excluding hydrogens is 814 g/mol. The number of carbonyl (C=O) groups is 1. The molecule has 62 heavy (non-hydrogen) atoms. The maximum absolute atomic E-state index is 14.2. The van der Waals surface area contributed by atoms with E-state index in [-0.39, 0.29) is 68.8 Å². The first-order valence-corrected chi connectivity index (χ1v) is 22.3. The number of aliphatic hydroxyl groups is 2. The quantitative estimate of drug-likeness (QED) is 0.0327. The van der Waals surface area contributed by atoms with Crippen LogP contribution in [0.5, 0.6) is 17.2 Å². The molecule has 1 aliphatic heterocycles. The number of nitro groups is 1. The topological polar surface area (TPSA) is 162 Å². The van der Waals surface area contributed by atoms with Gasteiger partial charge in [-0.05, 0) is 123 Å². The Hall–Kier alpha value is -4.95. The maximum Gasteiger partial charge on any atom is 0.410 e. The molecule has 6 rings (SSSR count). The molecule has 1 fully saturated rings. The van der Waals surface area contributed by atoms with E-state index in [2.05, 4.69) is 32.6 Å². The summed E-state index contributed by atoms with van der Waals surface area (Å²) < 4.78 is 26.6. The largest absolute Gasteiger partial charge is 0.459 e. The van der Waals surface area contributed by atoms with Crippen LogP contribution < -0.4 is 9.47 Å². The molecule has 0 unspecified atom stereocenters. The predicted octanol–water partition coefficient (Wildman–Crippen LogP) is 9.93. The van der Waals surface area contributed by atoms with Crippen LogP contribution in [0.2, 0.25) is 0 Å². The number of unbranched alkanes of at least 4 members (excludes halogenated alkanes) is 2. The van der Waals surface area contributed by atoms with Crippen molar-refractivity contribution in [3.8, 4) is 17.2 Å². The van der Waals surface area contributed by atoms with Crippen molar-refractivity contribution in [3.05, 3.63) is 117 Å². The minimum absolute atomic E-state index is 0.0137. The first-order valence-electron chi connectivity index (χ1n) is 21.8. The number of fused-ring (bicyclic) bond motifs is 2. The third kappa shape index (κ3) is 10.5. The number of hydrogen-bond acceptors (Lipinski definition) is 11. The number of nitrogens with zero attached hydrogens (tertiary/aromatic N) is 3. The fraction of sp³-hybridized carbons (Fsp3) is 0.500. The molecule has 1 heterocycles. The number of amides is 1. The van der Waals surface area contributed by atoms with E-state index in [0.29, 0.717) is 54.3 Å². The van der Waals surface area contributed by atoms with Crippen molar-refractivity contribution in [2.45, 2.75) is 96.5 Å². The minimum atomic E-state index is -1.45. The average molecular weight is 874 g/mol. The summed E-state index contributed by atoms with van der Waals surface area (Å²) in [5.41, 5.74) is 5.37. The number of rotatable bonds is 22. The summed E-state index contributed by atoms with van der Waals surface area (Å²) >= 11 is 6.03. The van der Waals surface area contributed by atoms with Gasteiger partial charge in [0.1, 0.15) is 36.5 Å². The van der Waals surface area contributed by atoms with Crippen LogP contribution >= 0.6 is 11.6 Å². The fourth-order valence-corrected chi connectivity index (χ4v) is 9.43. The molecule has 0 aromatic heterocycles. The van der Waals surface area contributed by atoms with E-state index in [4.69, 9.17) is 40.5 Å². The van der Waals surface area contributed by atoms with Crippen molar-refractivity contribution in [2.75, 3.05) is 38.9 Å². The zero-order valence-corrected chi connectivity index (χ0v) is 36.8. The van der Waals surface area contributed by atoms with Gasteiger partial charge in [-0.3, -0.25) is 15.0 Å². The summed E-state index contributed by atoms with van der Waals surface area (Å²) in [6.07, 6.45) is 8.60. The summed E-state index contributed by atoms with van der Waals surface area (Å²) in [5, 5.41) is 36.0. The molecular formula is C48H60ClN3O10. The highest BCUT2D eigenvalue weighted by molar-refractivity contribution is 6.18. The number of non-ortho nitro benzene ring substituents is 1. The van der Waals surface area contributed by atoms with E-state index in [1.54, 1.807) is 23.1 Å². The van der Waals surface area contributed by atoms with E-state index in [9.17, 15) is 25.1 Å². The molecule has 1 amide bonds. The SMILES string of the molecule is C=CCO[C@@]12Oc3ccc(Oc4ccc(C)c(C)c4)cc3[C@H]3[C@H](CCCCO)[C@@H](CCCCO)C=C(C(=NOCc4ccc([N+](=O)[O-])cc4)C[C@@H]1N(CCC)C(=O)OCCCl)[C@H]32. The number of allylic oxidation sites excluding steroid dienone is 1. The Balaban J connectivity index is 1.56. The molecule has 2 N–H and O–H groups in total. The van der Waals surface area contributed by atoms with Gasteiger partial charge in [-0.2, -0.15) is 0 Å². The van der Waals surface area contributed by atoms with Crippen molar-refractivity contribution in [3.63, 3.8) is 0 Å². The second-order valence-corrected chi connectivity index (χ2v) is 16.7. The second-order valence-electron chi connectivity index (χ2n) is 16.3. The zero-order chi connectivity index (χ0) is 44.2. The number of carbonyl (C=O) groups excluding carboxylic acids is 1. The summed E-state index contributed by atoms with van der Waals surface area (Å²) in [7, 11) is 0. The van der Waals surface area contributed by atoms with E-state index in [1.807, 2.05) is 37.3 Å². The van der Waals surface area contributed by atoms with Crippen LogP contribution in [0.1, 0.15) is 86.5 Å². The van der Waals surface area contributed by atoms with Gasteiger partial charge in [0.2, 0.25) is 5.79 Å². The highest BCUT2D eigenvalue weighted by Crippen LogP contribution is 2.62. The summed E-state index contributed by atoms with van der Waals surface area (Å²) in [4.78, 5) is 32.9. The fourth-order valence-electron chi connectivity index (χ4n) is 9.35. The van der Waals surface area contributed by atoms with Crippen LogP contribution in [0.15, 0.2) is 90.1 Å². The Bertz CT molecular complexity index is 2080. The number of benzene rings is 3. The molecule has 3 aromatic carbocycles. The smallest absolute Gasteiger partial charge is 0.410 e. The molecule has 0 radical (unpaired) electrons. The van der Waals surface area contributed by atoms with Crippen molar-refractivity contribution < 1.29 is 43.7 Å². The monoisotopic (exact) mass is 873 g/mol. The van der Waals surface area contributed by atoms with Crippen LogP contribution in [0.3, 0.4) is 0 Å². The van der Waals surface area contributed by atoms with E-state index in [0.717, 1.165) is 47.9 Å². The number of oxime groups is 1. The van der Waals surface area contributed by atoms with Crippen molar-refractivity contribution in [2.24, 2.45) is 22.9 Å². The Kier molecular flexibility index (Phi) is 16.4. The average Bonchev–Trinajstić information content (AvgIpc) is 3.27. The number of aliphatic hydroxyl groups excluding tert-OH is 2. The Morgan fingerprint density at radius 1 is 1.03 bits per heavy atom. The maximum atomic E-state index is 14.2. The van der Waals surface area contributed by atoms with E-state index in [1.165, 1.54) is 12.1 Å². The van der Waals surface area contributed by atoms with Crippen LogP contribution in [-0.4, -0.2) is 82.5 Å². The lowest BCUT2D eigenvalue weighted by molar-refractivity contribution is -0.384. The van der Waals surface area contributed by atoms with Gasteiger partial charge in [-0.25, -0.2) is 4.79 Å². The van der Waals surface area contributed by atoms with E-state index < -0.39 is 28.8 Å². The van der Waals surface area contributed by atoms with Gasteiger partial charge in [0.15, 0.2) is 0 Å². The molecule has 0 spiro atoms. The number of aryl methyl sites for hydroxylation is 2. The van der Waals surface area contributed by atoms with Crippen LogP contribution in [0.25, 0.3) is 0 Å². The third-order valence-electron chi connectivity index (χ3n) is 12.3. The number of hydrogen-bond donors (Lipinski definition) is 2. The highest BCUT2D eigenvalue weighted by Gasteiger charge is 2.65. The minimum Gasteiger partial charge on any atom is -0.459 e. The van der Waals surface area contributed by atoms with Gasteiger partial charge in [0.25, 0.3) is 5.69 Å². The molecule has 334 valence electrons. The van der Waals surface area contributed by atoms with Crippen molar-refractivity contribution in [1.82, 2.24) is 4.90 Å². The Morgan fingerprint density at radius 3 is 2.44 bits per heavy atom. The van der Waals surface area contributed by atoms with Crippen molar-refractivity contribution in [1.29, 1.82) is 0 Å². The molecule has 6 atom stereocenters. The van der Waals surface area contributed by atoms with Gasteiger partial charge in [0, 0.05) is 49.8 Å². The normalized spacial score (nSPS) is 23.0. The van der Waals surface area contributed by atoms with Gasteiger partial charge < -0.3 is 34.0 Å². The number of nitro benzene ring substituents is 1. The lowest BCUT2D eigenvalue weighted by Gasteiger charge is -2.59. The van der Waals surface area contributed by atoms with Gasteiger partial charge in [0.05, 0.1) is 29.0 Å². The number of alkyl halides is 1. The molecule has 13 nitrogen and oxygen atoms in total. The molecule has 0 bridgehead atoms. The van der Waals surface area contributed by atoms with Crippen molar-refractivity contribution >= 4 is 29.1 Å². The van der Waals surface area contributed by atoms with Gasteiger partial charge in [-0.15, -0.1) is 18.2 Å². The molecule has 14 heteroatoms. The van der Waals surface area contributed by atoms with Crippen LogP contribution in [0.4, 0.5) is 10.5 Å². The summed E-state index contributed by atoms with van der Waals surface area (Å²) in [5.74, 6) is -0.106. The highest BCUT2D eigenvalue weighted by atomic mass is 35.5. The molecule has 3 aliphatic rings. The van der Waals surface area contributed by atoms with Gasteiger partial charge in [-0.1, -0.05) is 43.1 Å². The Labute approximate surface area is 369 Å². The number of halogens is 1. The lowest BCUT2D eigenvalue weighted by Crippen LogP contribution is -2.70. The van der Waals surface area contributed by atoms with Gasteiger partial charge >= 0.3 is 6.09 Å².